The smallest absolute Gasteiger partial charge is 0.309 e. The van der Waals surface area contributed by atoms with E-state index < -0.39 is 17.8 Å². The van der Waals surface area contributed by atoms with Crippen LogP contribution in [0.1, 0.15) is 52.0 Å². The number of aliphatic hydroxyl groups excluding tert-OH is 1. The Kier molecular flexibility index (Phi) is 5.93. The number of ether oxygens (including phenoxy) is 1. The quantitative estimate of drug-likeness (QED) is 0.756. The van der Waals surface area contributed by atoms with E-state index in [1.807, 2.05) is 33.2 Å². The Balaban J connectivity index is 2.00. The fourth-order valence-electron chi connectivity index (χ4n) is 4.67. The lowest BCUT2D eigenvalue weighted by Gasteiger charge is -2.42. The van der Waals surface area contributed by atoms with E-state index in [-0.39, 0.29) is 17.8 Å². The minimum absolute atomic E-state index is 0.0604. The highest BCUT2D eigenvalue weighted by Crippen LogP contribution is 2.48. The molecular weight excluding hydrogens is 366 g/mol. The molecule has 29 heavy (non-hydrogen) atoms. The van der Waals surface area contributed by atoms with Crippen LogP contribution in [0.3, 0.4) is 0 Å². The van der Waals surface area contributed by atoms with E-state index in [0.29, 0.717) is 19.3 Å². The van der Waals surface area contributed by atoms with Gasteiger partial charge in [-0.15, -0.1) is 0 Å². The van der Waals surface area contributed by atoms with Crippen molar-refractivity contribution in [3.63, 3.8) is 0 Å². The van der Waals surface area contributed by atoms with E-state index >= 15 is 0 Å². The molecule has 3 atom stereocenters. The van der Waals surface area contributed by atoms with Gasteiger partial charge in [0.15, 0.2) is 0 Å². The second-order valence-corrected chi connectivity index (χ2v) is 9.55. The summed E-state index contributed by atoms with van der Waals surface area (Å²) in [4.78, 5) is 13.7. The second kappa shape index (κ2) is 7.96. The molecule has 1 aromatic rings. The van der Waals surface area contributed by atoms with Gasteiger partial charge < -0.3 is 19.8 Å². The molecule has 1 heterocycles. The number of benzene rings is 1. The van der Waals surface area contributed by atoms with E-state index in [9.17, 15) is 15.0 Å². The number of rotatable bonds is 4. The maximum absolute atomic E-state index is 11.7. The summed E-state index contributed by atoms with van der Waals surface area (Å²) < 4.78 is 5.38. The summed E-state index contributed by atoms with van der Waals surface area (Å²) in [6.45, 7) is 6.16. The van der Waals surface area contributed by atoms with Crippen molar-refractivity contribution in [3.8, 4) is 0 Å². The topological polar surface area (TPSA) is 70.0 Å². The molecule has 0 radical (unpaired) electrons. The van der Waals surface area contributed by atoms with E-state index in [4.69, 9.17) is 4.74 Å². The van der Waals surface area contributed by atoms with Crippen LogP contribution in [0.5, 0.6) is 0 Å². The lowest BCUT2D eigenvalue weighted by molar-refractivity contribution is -0.156. The molecule has 3 rings (SSSR count). The van der Waals surface area contributed by atoms with Crippen LogP contribution in [0.25, 0.3) is 5.57 Å². The molecule has 1 aliphatic carbocycles. The van der Waals surface area contributed by atoms with E-state index in [2.05, 4.69) is 43.0 Å². The summed E-state index contributed by atoms with van der Waals surface area (Å²) in [7, 11) is 4.02. The number of anilines is 1. The van der Waals surface area contributed by atoms with E-state index in [0.717, 1.165) is 22.4 Å². The normalized spacial score (nSPS) is 29.8. The van der Waals surface area contributed by atoms with Crippen LogP contribution in [0.4, 0.5) is 5.69 Å². The Morgan fingerprint density at radius 1 is 1.17 bits per heavy atom. The summed E-state index contributed by atoms with van der Waals surface area (Å²) in [6, 6.07) is 8.36. The number of hydrogen-bond acceptors (Lipinski definition) is 5. The third-order valence-corrected chi connectivity index (χ3v) is 5.83. The predicted octanol–water partition coefficient (Wildman–Crippen LogP) is 3.70. The van der Waals surface area contributed by atoms with Crippen LogP contribution in [-0.4, -0.2) is 48.1 Å². The van der Waals surface area contributed by atoms with Gasteiger partial charge in [-0.2, -0.15) is 0 Å². The number of aliphatic hydroxyl groups is 2. The molecule has 0 aromatic heterocycles. The predicted molar refractivity (Wildman–Crippen MR) is 116 cm³/mol. The zero-order valence-corrected chi connectivity index (χ0v) is 18.1. The molecule has 3 unspecified atom stereocenters. The first kappa shape index (κ1) is 21.6. The number of allylic oxidation sites excluding steroid dienone is 2. The van der Waals surface area contributed by atoms with Crippen LogP contribution >= 0.6 is 0 Å². The van der Waals surface area contributed by atoms with Crippen molar-refractivity contribution in [2.75, 3.05) is 19.0 Å². The van der Waals surface area contributed by atoms with Crippen molar-refractivity contribution >= 4 is 17.2 Å². The third kappa shape index (κ3) is 5.09. The summed E-state index contributed by atoms with van der Waals surface area (Å²) in [5.41, 5.74) is 3.42. The molecule has 0 saturated carbocycles. The molecule has 0 amide bonds. The number of carbonyl (C=O) groups is 1. The van der Waals surface area contributed by atoms with Crippen molar-refractivity contribution in [3.05, 3.63) is 47.6 Å². The molecule has 0 bridgehead atoms. The fourth-order valence-corrected chi connectivity index (χ4v) is 4.67. The largest absolute Gasteiger partial charge is 0.458 e. The maximum Gasteiger partial charge on any atom is 0.309 e. The summed E-state index contributed by atoms with van der Waals surface area (Å²) in [5.74, 6) is -0.363. The van der Waals surface area contributed by atoms with E-state index in [1.54, 1.807) is 0 Å². The molecule has 1 saturated heterocycles. The van der Waals surface area contributed by atoms with Crippen LogP contribution in [-0.2, 0) is 9.53 Å². The standard InChI is InChI=1S/C24H33NO4/c1-23(2)15-24(3,28)14-20(16-6-8-17(9-7-16)25(4)5)21(23)11-10-19-12-18(26)13-22(27)29-19/h6-11,18-19,26,28H,12-15H2,1-5H3. The molecule has 0 spiro atoms. The number of nitrogens with zero attached hydrogens (tertiary/aromatic N) is 1. The Morgan fingerprint density at radius 2 is 1.83 bits per heavy atom. The lowest BCUT2D eigenvalue weighted by Crippen LogP contribution is -2.37. The molecule has 158 valence electrons. The van der Waals surface area contributed by atoms with Crippen molar-refractivity contribution in [1.82, 2.24) is 0 Å². The zero-order chi connectivity index (χ0) is 21.4. The minimum atomic E-state index is -0.788. The summed E-state index contributed by atoms with van der Waals surface area (Å²) >= 11 is 0. The van der Waals surface area contributed by atoms with E-state index in [1.165, 1.54) is 0 Å². The molecule has 2 aliphatic rings. The van der Waals surface area contributed by atoms with Gasteiger partial charge in [-0.1, -0.05) is 32.1 Å². The molecule has 1 aliphatic heterocycles. The maximum atomic E-state index is 11.7. The van der Waals surface area contributed by atoms with Crippen molar-refractivity contribution in [2.24, 2.45) is 5.41 Å². The Hall–Kier alpha value is -2.11. The first-order chi connectivity index (χ1) is 13.5. The van der Waals surface area contributed by atoms with Crippen molar-refractivity contribution in [1.29, 1.82) is 0 Å². The van der Waals surface area contributed by atoms with Gasteiger partial charge in [-0.05, 0) is 53.7 Å². The number of carbonyl (C=O) groups excluding carboxylic acids is 1. The molecule has 1 fully saturated rings. The van der Waals surface area contributed by atoms with Gasteiger partial charge in [0.25, 0.3) is 0 Å². The highest BCUT2D eigenvalue weighted by Gasteiger charge is 2.40. The van der Waals surface area contributed by atoms with Gasteiger partial charge in [-0.3, -0.25) is 4.79 Å². The highest BCUT2D eigenvalue weighted by molar-refractivity contribution is 5.75. The highest BCUT2D eigenvalue weighted by atomic mass is 16.5. The van der Waals surface area contributed by atoms with Gasteiger partial charge in [-0.25, -0.2) is 0 Å². The molecule has 2 N–H and O–H groups in total. The first-order valence-corrected chi connectivity index (χ1v) is 10.3. The Labute approximate surface area is 173 Å². The van der Waals surface area contributed by atoms with Crippen LogP contribution < -0.4 is 4.90 Å². The average Bonchev–Trinajstić information content (AvgIpc) is 2.58. The molecule has 5 heteroatoms. The van der Waals surface area contributed by atoms with Gasteiger partial charge in [0.1, 0.15) is 6.10 Å². The molecule has 1 aromatic carbocycles. The summed E-state index contributed by atoms with van der Waals surface area (Å²) in [6.07, 6.45) is 4.51. The van der Waals surface area contributed by atoms with Crippen LogP contribution in [0.2, 0.25) is 0 Å². The number of esters is 1. The first-order valence-electron chi connectivity index (χ1n) is 10.3. The molecular formula is C24H33NO4. The number of cyclic esters (lactones) is 1. The van der Waals surface area contributed by atoms with Gasteiger partial charge >= 0.3 is 5.97 Å². The summed E-state index contributed by atoms with van der Waals surface area (Å²) in [5, 5.41) is 20.8. The Morgan fingerprint density at radius 3 is 2.41 bits per heavy atom. The molecule has 5 nitrogen and oxygen atoms in total. The lowest BCUT2D eigenvalue weighted by atomic mass is 9.65. The van der Waals surface area contributed by atoms with Crippen LogP contribution in [0.15, 0.2) is 42.0 Å². The van der Waals surface area contributed by atoms with Crippen molar-refractivity contribution < 1.29 is 19.7 Å². The van der Waals surface area contributed by atoms with Gasteiger partial charge in [0.2, 0.25) is 0 Å². The fraction of sp³-hybridized carbons (Fsp3) is 0.542. The van der Waals surface area contributed by atoms with Crippen LogP contribution in [0, 0.1) is 5.41 Å². The average molecular weight is 400 g/mol. The SMILES string of the molecule is CN(C)c1ccc(C2=C(C=CC3CC(O)CC(=O)O3)C(C)(C)CC(C)(O)C2)cc1. The third-order valence-electron chi connectivity index (χ3n) is 5.83. The minimum Gasteiger partial charge on any atom is -0.458 e. The monoisotopic (exact) mass is 399 g/mol. The van der Waals surface area contributed by atoms with Gasteiger partial charge in [0, 0.05) is 32.6 Å². The Bertz CT molecular complexity index is 818. The van der Waals surface area contributed by atoms with Crippen molar-refractivity contribution in [2.45, 2.75) is 64.3 Å². The number of hydrogen-bond donors (Lipinski definition) is 2. The van der Waals surface area contributed by atoms with Gasteiger partial charge in [0.05, 0.1) is 18.1 Å². The zero-order valence-electron chi connectivity index (χ0n) is 18.1. The second-order valence-electron chi connectivity index (χ2n) is 9.55.